The number of nitrogens with one attached hydrogen (secondary N) is 1. The molecule has 0 spiro atoms. The van der Waals surface area contributed by atoms with Crippen LogP contribution in [-0.2, 0) is 4.79 Å². The highest BCUT2D eigenvalue weighted by atomic mass is 35.5. The van der Waals surface area contributed by atoms with Crippen LogP contribution in [0.5, 0.6) is 0 Å². The van der Waals surface area contributed by atoms with Crippen molar-refractivity contribution in [3.63, 3.8) is 0 Å². The smallest absolute Gasteiger partial charge is 0.227 e. The molecule has 1 amide bonds. The number of hydrogen-bond donors (Lipinski definition) is 2. The van der Waals surface area contributed by atoms with E-state index in [1.54, 1.807) is 0 Å². The molecule has 1 aromatic rings. The van der Waals surface area contributed by atoms with Crippen LogP contribution < -0.4 is 11.1 Å². The van der Waals surface area contributed by atoms with Gasteiger partial charge in [-0.3, -0.25) is 4.79 Å². The Hall–Kier alpha value is -0.970. The number of likely N-dealkylation sites (tertiary alicyclic amines) is 1. The number of halogens is 2. The Labute approximate surface area is 170 Å². The van der Waals surface area contributed by atoms with Crippen LogP contribution in [-0.4, -0.2) is 35.5 Å². The van der Waals surface area contributed by atoms with Gasteiger partial charge in [0.15, 0.2) is 0 Å². The molecule has 26 heavy (non-hydrogen) atoms. The molecule has 3 N–H and O–H groups in total. The standard InChI is InChI=1S/C20H31N3O.2ClH/c1-15-6-5-7-17(14-15)22-16-9-12-23(13-10-16)19(24)18-8-3-4-11-20(18,2)21;;/h5-7,14,16,18,22H,3-4,8-13,21H2,1-2H3;2*1H. The fourth-order valence-corrected chi connectivity index (χ4v) is 4.20. The van der Waals surface area contributed by atoms with Gasteiger partial charge in [-0.2, -0.15) is 0 Å². The third-order valence-electron chi connectivity index (χ3n) is 5.75. The van der Waals surface area contributed by atoms with Crippen molar-refractivity contribution in [2.45, 2.75) is 64.0 Å². The van der Waals surface area contributed by atoms with Gasteiger partial charge in [0, 0.05) is 30.4 Å². The van der Waals surface area contributed by atoms with Gasteiger partial charge in [0.1, 0.15) is 0 Å². The molecule has 2 atom stereocenters. The van der Waals surface area contributed by atoms with Crippen LogP contribution in [0.2, 0.25) is 0 Å². The molecule has 4 nitrogen and oxygen atoms in total. The van der Waals surface area contributed by atoms with E-state index in [2.05, 4.69) is 48.3 Å². The molecule has 1 aliphatic heterocycles. The summed E-state index contributed by atoms with van der Waals surface area (Å²) in [5, 5.41) is 3.61. The van der Waals surface area contributed by atoms with Crippen molar-refractivity contribution in [3.8, 4) is 0 Å². The molecular weight excluding hydrogens is 369 g/mol. The first kappa shape index (κ1) is 23.1. The summed E-state index contributed by atoms with van der Waals surface area (Å²) in [5.74, 6) is 0.293. The first-order valence-electron chi connectivity index (χ1n) is 9.36. The fraction of sp³-hybridized carbons (Fsp3) is 0.650. The maximum absolute atomic E-state index is 12.9. The topological polar surface area (TPSA) is 58.4 Å². The summed E-state index contributed by atoms with van der Waals surface area (Å²) < 4.78 is 0. The molecule has 0 bridgehead atoms. The molecule has 0 radical (unpaired) electrons. The molecule has 2 fully saturated rings. The Morgan fingerprint density at radius 3 is 2.50 bits per heavy atom. The van der Waals surface area contributed by atoms with Crippen LogP contribution in [0.25, 0.3) is 0 Å². The monoisotopic (exact) mass is 401 g/mol. The van der Waals surface area contributed by atoms with E-state index in [0.717, 1.165) is 51.6 Å². The zero-order valence-electron chi connectivity index (χ0n) is 15.9. The Morgan fingerprint density at radius 1 is 1.19 bits per heavy atom. The van der Waals surface area contributed by atoms with Crippen LogP contribution in [0.4, 0.5) is 5.69 Å². The highest BCUT2D eigenvalue weighted by Crippen LogP contribution is 2.33. The Morgan fingerprint density at radius 2 is 1.88 bits per heavy atom. The zero-order valence-corrected chi connectivity index (χ0v) is 17.5. The van der Waals surface area contributed by atoms with E-state index >= 15 is 0 Å². The van der Waals surface area contributed by atoms with Gasteiger partial charge in [0.05, 0.1) is 5.92 Å². The largest absolute Gasteiger partial charge is 0.382 e. The molecule has 2 aliphatic rings. The SMILES string of the molecule is Cc1cccc(NC2CCN(C(=O)C3CCCCC3(C)N)CC2)c1.Cl.Cl. The average molecular weight is 402 g/mol. The number of aryl methyl sites for hydroxylation is 1. The normalized spacial score (nSPS) is 26.4. The van der Waals surface area contributed by atoms with Crippen molar-refractivity contribution in [3.05, 3.63) is 29.8 Å². The summed E-state index contributed by atoms with van der Waals surface area (Å²) in [7, 11) is 0. The van der Waals surface area contributed by atoms with Gasteiger partial charge in [-0.25, -0.2) is 0 Å². The molecule has 2 unspecified atom stereocenters. The lowest BCUT2D eigenvalue weighted by atomic mass is 9.74. The van der Waals surface area contributed by atoms with Crippen molar-refractivity contribution in [2.75, 3.05) is 18.4 Å². The summed E-state index contributed by atoms with van der Waals surface area (Å²) in [4.78, 5) is 15.0. The maximum Gasteiger partial charge on any atom is 0.227 e. The molecule has 1 saturated heterocycles. The molecule has 1 aromatic carbocycles. The summed E-state index contributed by atoms with van der Waals surface area (Å²) in [5.41, 5.74) is 8.54. The minimum atomic E-state index is -0.327. The van der Waals surface area contributed by atoms with E-state index in [1.165, 1.54) is 11.3 Å². The molecule has 6 heteroatoms. The van der Waals surface area contributed by atoms with Crippen LogP contribution >= 0.6 is 24.8 Å². The van der Waals surface area contributed by atoms with Gasteiger partial charge in [-0.1, -0.05) is 25.0 Å². The Kier molecular flexibility index (Phi) is 8.71. The Bertz CT molecular complexity index is 586. The molecule has 3 rings (SSSR count). The number of anilines is 1. The third-order valence-corrected chi connectivity index (χ3v) is 5.75. The van der Waals surface area contributed by atoms with Gasteiger partial charge in [0.25, 0.3) is 0 Å². The fourth-order valence-electron chi connectivity index (χ4n) is 4.20. The molecular formula is C20H33Cl2N3O. The predicted octanol–water partition coefficient (Wildman–Crippen LogP) is 4.15. The van der Waals surface area contributed by atoms with E-state index in [4.69, 9.17) is 5.73 Å². The van der Waals surface area contributed by atoms with Gasteiger partial charge >= 0.3 is 0 Å². The van der Waals surface area contributed by atoms with Crippen LogP contribution in [0.15, 0.2) is 24.3 Å². The lowest BCUT2D eigenvalue weighted by Crippen LogP contribution is -2.55. The number of nitrogens with two attached hydrogens (primary N) is 1. The number of rotatable bonds is 3. The quantitative estimate of drug-likeness (QED) is 0.799. The van der Waals surface area contributed by atoms with E-state index in [1.807, 2.05) is 0 Å². The average Bonchev–Trinajstić information content (AvgIpc) is 2.55. The molecule has 1 aliphatic carbocycles. The summed E-state index contributed by atoms with van der Waals surface area (Å²) in [6.45, 7) is 5.85. The summed E-state index contributed by atoms with van der Waals surface area (Å²) in [6, 6.07) is 8.94. The first-order chi connectivity index (χ1) is 11.5. The maximum atomic E-state index is 12.9. The number of carbonyl (C=O) groups excluding carboxylic acids is 1. The van der Waals surface area contributed by atoms with Crippen LogP contribution in [0.3, 0.4) is 0 Å². The number of carbonyl (C=O) groups is 1. The van der Waals surface area contributed by atoms with Crippen molar-refractivity contribution in [2.24, 2.45) is 11.7 Å². The van der Waals surface area contributed by atoms with Gasteiger partial charge in [0.2, 0.25) is 5.91 Å². The first-order valence-corrected chi connectivity index (χ1v) is 9.36. The highest BCUT2D eigenvalue weighted by molar-refractivity contribution is 5.85. The van der Waals surface area contributed by atoms with Gasteiger partial charge in [-0.15, -0.1) is 24.8 Å². The van der Waals surface area contributed by atoms with Crippen molar-refractivity contribution in [1.29, 1.82) is 0 Å². The van der Waals surface area contributed by atoms with Crippen molar-refractivity contribution < 1.29 is 4.79 Å². The highest BCUT2D eigenvalue weighted by Gasteiger charge is 2.40. The number of benzene rings is 1. The molecule has 0 aromatic heterocycles. The minimum Gasteiger partial charge on any atom is -0.382 e. The molecule has 148 valence electrons. The summed E-state index contributed by atoms with van der Waals surface area (Å²) >= 11 is 0. The zero-order chi connectivity index (χ0) is 17.2. The third kappa shape index (κ3) is 5.51. The van der Waals surface area contributed by atoms with E-state index in [9.17, 15) is 4.79 Å². The number of nitrogens with zero attached hydrogens (tertiary/aromatic N) is 1. The number of piperidine rings is 1. The Balaban J connectivity index is 0.00000169. The lowest BCUT2D eigenvalue weighted by Gasteiger charge is -2.42. The summed E-state index contributed by atoms with van der Waals surface area (Å²) in [6.07, 6.45) is 6.22. The van der Waals surface area contributed by atoms with Crippen molar-refractivity contribution in [1.82, 2.24) is 4.90 Å². The van der Waals surface area contributed by atoms with E-state index < -0.39 is 0 Å². The van der Waals surface area contributed by atoms with E-state index in [-0.39, 0.29) is 42.2 Å². The van der Waals surface area contributed by atoms with Gasteiger partial charge < -0.3 is 16.0 Å². The second-order valence-electron chi connectivity index (χ2n) is 7.92. The second kappa shape index (κ2) is 9.82. The van der Waals surface area contributed by atoms with Crippen molar-refractivity contribution >= 4 is 36.4 Å². The number of hydrogen-bond acceptors (Lipinski definition) is 3. The lowest BCUT2D eigenvalue weighted by molar-refractivity contribution is -0.139. The van der Waals surface area contributed by atoms with Crippen LogP contribution in [0, 0.1) is 12.8 Å². The van der Waals surface area contributed by atoms with E-state index in [0.29, 0.717) is 6.04 Å². The van der Waals surface area contributed by atoms with Gasteiger partial charge in [-0.05, 0) is 57.2 Å². The second-order valence-corrected chi connectivity index (χ2v) is 7.92. The predicted molar refractivity (Wildman–Crippen MR) is 113 cm³/mol. The van der Waals surface area contributed by atoms with Crippen LogP contribution in [0.1, 0.15) is 51.0 Å². The number of amides is 1. The minimum absolute atomic E-state index is 0. The molecule has 1 saturated carbocycles. The molecule has 1 heterocycles.